The van der Waals surface area contributed by atoms with Gasteiger partial charge >= 0.3 is 0 Å². The summed E-state index contributed by atoms with van der Waals surface area (Å²) >= 11 is 0. The van der Waals surface area contributed by atoms with Crippen LogP contribution in [0.3, 0.4) is 0 Å². The molecule has 0 fully saturated rings. The first-order valence-corrected chi connectivity index (χ1v) is 7.21. The van der Waals surface area contributed by atoms with Gasteiger partial charge in [0.05, 0.1) is 25.0 Å². The van der Waals surface area contributed by atoms with Crippen LogP contribution in [-0.2, 0) is 6.42 Å². The summed E-state index contributed by atoms with van der Waals surface area (Å²) in [6.07, 6.45) is 3.05. The molecule has 2 aromatic rings. The number of nitrogens with zero attached hydrogens (tertiary/aromatic N) is 1. The van der Waals surface area contributed by atoms with E-state index in [1.54, 1.807) is 13.2 Å². The van der Waals surface area contributed by atoms with Gasteiger partial charge in [0.15, 0.2) is 0 Å². The number of pyridine rings is 1. The third kappa shape index (κ3) is 4.26. The Bertz CT molecular complexity index is 557. The van der Waals surface area contributed by atoms with Crippen LogP contribution in [0.1, 0.15) is 30.6 Å². The van der Waals surface area contributed by atoms with Crippen molar-refractivity contribution >= 4 is 0 Å². The quantitative estimate of drug-likeness (QED) is 0.846. The summed E-state index contributed by atoms with van der Waals surface area (Å²) in [5.74, 6) is 0.549. The number of halogens is 1. The lowest BCUT2D eigenvalue weighted by Gasteiger charge is -2.19. The van der Waals surface area contributed by atoms with E-state index in [4.69, 9.17) is 4.74 Å². The smallest absolute Gasteiger partial charge is 0.141 e. The molecule has 0 radical (unpaired) electrons. The van der Waals surface area contributed by atoms with Crippen molar-refractivity contribution in [3.63, 3.8) is 0 Å². The molecule has 0 aliphatic rings. The summed E-state index contributed by atoms with van der Waals surface area (Å²) in [6, 6.07) is 11.2. The molecule has 112 valence electrons. The highest BCUT2D eigenvalue weighted by Gasteiger charge is 2.15. The highest BCUT2D eigenvalue weighted by molar-refractivity contribution is 5.34. The molecule has 0 bridgehead atoms. The Morgan fingerprint density at radius 3 is 2.71 bits per heavy atom. The fourth-order valence-electron chi connectivity index (χ4n) is 2.28. The van der Waals surface area contributed by atoms with Crippen LogP contribution in [0.2, 0.25) is 0 Å². The minimum absolute atomic E-state index is 0.0434. The van der Waals surface area contributed by atoms with E-state index in [0.29, 0.717) is 0 Å². The molecule has 21 heavy (non-hydrogen) atoms. The Balaban J connectivity index is 2.21. The van der Waals surface area contributed by atoms with E-state index in [1.165, 1.54) is 12.3 Å². The van der Waals surface area contributed by atoms with E-state index in [9.17, 15) is 4.39 Å². The molecule has 2 rings (SSSR count). The normalized spacial score (nSPS) is 12.1. The Hall–Kier alpha value is -1.94. The number of hydrogen-bond donors (Lipinski definition) is 1. The van der Waals surface area contributed by atoms with E-state index in [0.717, 1.165) is 36.4 Å². The molecule has 0 aliphatic carbocycles. The number of hydrogen-bond acceptors (Lipinski definition) is 3. The van der Waals surface area contributed by atoms with Crippen molar-refractivity contribution < 1.29 is 9.13 Å². The molecule has 1 heterocycles. The maximum absolute atomic E-state index is 13.0. The molecule has 0 spiro atoms. The van der Waals surface area contributed by atoms with Crippen LogP contribution < -0.4 is 10.1 Å². The molecule has 1 aromatic heterocycles. The molecule has 1 aromatic carbocycles. The summed E-state index contributed by atoms with van der Waals surface area (Å²) in [6.45, 7) is 3.00. The Morgan fingerprint density at radius 2 is 2.05 bits per heavy atom. The first-order chi connectivity index (χ1) is 10.2. The Kier molecular flexibility index (Phi) is 5.69. The van der Waals surface area contributed by atoms with Crippen LogP contribution in [0, 0.1) is 5.82 Å². The average molecular weight is 288 g/mol. The van der Waals surface area contributed by atoms with Gasteiger partial charge in [-0.15, -0.1) is 0 Å². The van der Waals surface area contributed by atoms with Crippen LogP contribution in [0.4, 0.5) is 4.39 Å². The first-order valence-electron chi connectivity index (χ1n) is 7.21. The minimum Gasteiger partial charge on any atom is -0.496 e. The van der Waals surface area contributed by atoms with Crippen LogP contribution in [0.25, 0.3) is 0 Å². The van der Waals surface area contributed by atoms with Gasteiger partial charge in [-0.25, -0.2) is 4.39 Å². The largest absolute Gasteiger partial charge is 0.496 e. The number of benzene rings is 1. The molecular weight excluding hydrogens is 267 g/mol. The number of ether oxygens (including phenoxy) is 1. The molecule has 0 saturated heterocycles. The van der Waals surface area contributed by atoms with E-state index < -0.39 is 0 Å². The molecular formula is C17H21FN2O. The van der Waals surface area contributed by atoms with Crippen LogP contribution in [-0.4, -0.2) is 18.6 Å². The fraction of sp³-hybridized carbons (Fsp3) is 0.353. The number of rotatable bonds is 7. The molecule has 1 N–H and O–H groups in total. The first kappa shape index (κ1) is 15.4. The molecule has 1 atom stereocenters. The summed E-state index contributed by atoms with van der Waals surface area (Å²) in [5.41, 5.74) is 1.95. The van der Waals surface area contributed by atoms with Crippen LogP contribution >= 0.6 is 0 Å². The zero-order chi connectivity index (χ0) is 15.1. The zero-order valence-corrected chi connectivity index (χ0v) is 12.5. The van der Waals surface area contributed by atoms with Gasteiger partial charge in [0.25, 0.3) is 0 Å². The lowest BCUT2D eigenvalue weighted by atomic mass is 10.0. The van der Waals surface area contributed by atoms with Crippen molar-refractivity contribution in [2.24, 2.45) is 0 Å². The maximum atomic E-state index is 13.0. The number of nitrogens with one attached hydrogen (secondary N) is 1. The molecule has 1 unspecified atom stereocenters. The Labute approximate surface area is 125 Å². The van der Waals surface area contributed by atoms with Crippen molar-refractivity contribution in [3.8, 4) is 5.75 Å². The molecule has 3 nitrogen and oxygen atoms in total. The van der Waals surface area contributed by atoms with Crippen molar-refractivity contribution in [1.29, 1.82) is 0 Å². The zero-order valence-electron chi connectivity index (χ0n) is 12.5. The van der Waals surface area contributed by atoms with E-state index in [-0.39, 0.29) is 11.9 Å². The number of para-hydroxylation sites is 1. The van der Waals surface area contributed by atoms with Crippen LogP contribution in [0.15, 0.2) is 42.6 Å². The van der Waals surface area contributed by atoms with Gasteiger partial charge in [-0.05, 0) is 43.1 Å². The lowest BCUT2D eigenvalue weighted by Crippen LogP contribution is -2.25. The van der Waals surface area contributed by atoms with Gasteiger partial charge in [-0.3, -0.25) is 4.98 Å². The average Bonchev–Trinajstić information content (AvgIpc) is 2.52. The SMILES string of the molecule is CCCNC(Cc1ccccc1OC)c1ccc(F)cn1. The van der Waals surface area contributed by atoms with Crippen molar-refractivity contribution in [2.75, 3.05) is 13.7 Å². The second-order valence-electron chi connectivity index (χ2n) is 4.92. The minimum atomic E-state index is -0.315. The van der Waals surface area contributed by atoms with Gasteiger partial charge < -0.3 is 10.1 Å². The Morgan fingerprint density at radius 1 is 1.24 bits per heavy atom. The molecule has 4 heteroatoms. The summed E-state index contributed by atoms with van der Waals surface area (Å²) < 4.78 is 18.4. The van der Waals surface area contributed by atoms with Crippen LogP contribution in [0.5, 0.6) is 5.75 Å². The van der Waals surface area contributed by atoms with E-state index in [2.05, 4.69) is 17.2 Å². The second-order valence-corrected chi connectivity index (χ2v) is 4.92. The highest BCUT2D eigenvalue weighted by Crippen LogP contribution is 2.24. The summed E-state index contributed by atoms with van der Waals surface area (Å²) in [7, 11) is 1.67. The lowest BCUT2D eigenvalue weighted by molar-refractivity contribution is 0.404. The third-order valence-electron chi connectivity index (χ3n) is 3.36. The third-order valence-corrected chi connectivity index (χ3v) is 3.36. The van der Waals surface area contributed by atoms with Gasteiger partial charge in [-0.1, -0.05) is 25.1 Å². The van der Waals surface area contributed by atoms with Gasteiger partial charge in [0.1, 0.15) is 11.6 Å². The molecule has 0 amide bonds. The predicted molar refractivity (Wildman–Crippen MR) is 81.9 cm³/mol. The predicted octanol–water partition coefficient (Wildman–Crippen LogP) is 3.51. The fourth-order valence-corrected chi connectivity index (χ4v) is 2.28. The summed E-state index contributed by atoms with van der Waals surface area (Å²) in [4.78, 5) is 4.20. The second kappa shape index (κ2) is 7.74. The molecule has 0 saturated carbocycles. The highest BCUT2D eigenvalue weighted by atomic mass is 19.1. The van der Waals surface area contributed by atoms with Gasteiger partial charge in [-0.2, -0.15) is 0 Å². The number of aromatic nitrogens is 1. The standard InChI is InChI=1S/C17H21FN2O/c1-3-10-19-16(15-9-8-14(18)12-20-15)11-13-6-4-5-7-17(13)21-2/h4-9,12,16,19H,3,10-11H2,1-2H3. The van der Waals surface area contributed by atoms with E-state index in [1.807, 2.05) is 24.3 Å². The monoisotopic (exact) mass is 288 g/mol. The van der Waals surface area contributed by atoms with Gasteiger partial charge in [0.2, 0.25) is 0 Å². The van der Waals surface area contributed by atoms with Crippen molar-refractivity contribution in [3.05, 3.63) is 59.7 Å². The van der Waals surface area contributed by atoms with E-state index >= 15 is 0 Å². The van der Waals surface area contributed by atoms with Crippen molar-refractivity contribution in [2.45, 2.75) is 25.8 Å². The number of methoxy groups -OCH3 is 1. The van der Waals surface area contributed by atoms with Gasteiger partial charge in [0, 0.05) is 0 Å². The van der Waals surface area contributed by atoms with Crippen molar-refractivity contribution in [1.82, 2.24) is 10.3 Å². The molecule has 0 aliphatic heterocycles. The topological polar surface area (TPSA) is 34.1 Å². The summed E-state index contributed by atoms with van der Waals surface area (Å²) in [5, 5.41) is 3.46. The maximum Gasteiger partial charge on any atom is 0.141 e.